The Morgan fingerprint density at radius 2 is 1.76 bits per heavy atom. The highest BCUT2D eigenvalue weighted by Gasteiger charge is 2.42. The number of nitrogens with zero attached hydrogens (tertiary/aromatic N) is 1. The fourth-order valence-electron chi connectivity index (χ4n) is 5.01. The van der Waals surface area contributed by atoms with Crippen LogP contribution in [-0.4, -0.2) is 33.8 Å². The van der Waals surface area contributed by atoms with Gasteiger partial charge in [0.15, 0.2) is 0 Å². The number of amides is 2. The summed E-state index contributed by atoms with van der Waals surface area (Å²) < 4.78 is 28.7. The number of carbonyl (C=O) groups is 2. The lowest BCUT2D eigenvalue weighted by molar-refractivity contribution is -0.122. The first-order valence-electron chi connectivity index (χ1n) is 11.8. The van der Waals surface area contributed by atoms with Gasteiger partial charge in [-0.2, -0.15) is 0 Å². The molecule has 0 atom stereocenters. The lowest BCUT2D eigenvalue weighted by Crippen LogP contribution is -2.34. The van der Waals surface area contributed by atoms with Crippen LogP contribution < -0.4 is 14.9 Å². The molecule has 1 saturated carbocycles. The first kappa shape index (κ1) is 24.4. The predicted molar refractivity (Wildman–Crippen MR) is 133 cm³/mol. The minimum Gasteiger partial charge on any atom is -0.326 e. The van der Waals surface area contributed by atoms with Gasteiger partial charge in [-0.05, 0) is 87.8 Å². The average molecular weight is 484 g/mol. The lowest BCUT2D eigenvalue weighted by Gasteiger charge is -2.28. The van der Waals surface area contributed by atoms with Crippen molar-refractivity contribution in [3.05, 3.63) is 53.6 Å². The minimum atomic E-state index is -3.70. The van der Waals surface area contributed by atoms with Crippen LogP contribution in [0.25, 0.3) is 0 Å². The number of nitrogens with one attached hydrogen (secondary N) is 2. The molecule has 2 N–H and O–H groups in total. The third-order valence-electron chi connectivity index (χ3n) is 7.33. The number of sulfonamides is 1. The second kappa shape index (κ2) is 9.15. The van der Waals surface area contributed by atoms with Gasteiger partial charge in [-0.3, -0.25) is 9.59 Å². The van der Waals surface area contributed by atoms with Gasteiger partial charge in [0.25, 0.3) is 0 Å². The Bertz CT molecular complexity index is 1210. The van der Waals surface area contributed by atoms with Crippen molar-refractivity contribution in [3.63, 3.8) is 0 Å². The number of likely N-dealkylation sites (N-methyl/N-ethyl adjacent to an activating group) is 1. The van der Waals surface area contributed by atoms with Crippen molar-refractivity contribution in [3.8, 4) is 0 Å². The molecular weight excluding hydrogens is 450 g/mol. The molecule has 2 amide bonds. The normalized spacial score (nSPS) is 21.9. The number of hydrogen-bond acceptors (Lipinski definition) is 4. The highest BCUT2D eigenvalue weighted by molar-refractivity contribution is 7.89. The van der Waals surface area contributed by atoms with Gasteiger partial charge in [0.05, 0.1) is 10.3 Å². The Hall–Kier alpha value is -2.71. The van der Waals surface area contributed by atoms with Crippen molar-refractivity contribution in [2.45, 2.75) is 56.8 Å². The van der Waals surface area contributed by atoms with Gasteiger partial charge in [0, 0.05) is 30.9 Å². The van der Waals surface area contributed by atoms with Crippen molar-refractivity contribution >= 4 is 33.2 Å². The fraction of sp³-hybridized carbons (Fsp3) is 0.462. The lowest BCUT2D eigenvalue weighted by atomic mass is 9.81. The Morgan fingerprint density at radius 3 is 2.44 bits per heavy atom. The molecule has 1 aliphatic carbocycles. The molecule has 0 spiro atoms. The third-order valence-corrected chi connectivity index (χ3v) is 8.76. The summed E-state index contributed by atoms with van der Waals surface area (Å²) in [5.74, 6) is 0.124. The van der Waals surface area contributed by atoms with Crippen LogP contribution in [0.3, 0.4) is 0 Å². The number of benzene rings is 2. The van der Waals surface area contributed by atoms with Crippen LogP contribution in [0.5, 0.6) is 0 Å². The van der Waals surface area contributed by atoms with Crippen LogP contribution in [0.15, 0.2) is 47.4 Å². The maximum absolute atomic E-state index is 13.0. The SMILES string of the molecule is Cc1ccccc1NC(=O)C1CCC(CNS(=O)(=O)c2ccc3c(c2)C(C)(C)C(=O)N3C)CC1. The van der Waals surface area contributed by atoms with Gasteiger partial charge < -0.3 is 10.2 Å². The Kier molecular flexibility index (Phi) is 6.57. The monoisotopic (exact) mass is 483 g/mol. The van der Waals surface area contributed by atoms with Crippen LogP contribution in [0, 0.1) is 18.8 Å². The second-order valence-corrected chi connectivity index (χ2v) is 11.8. The van der Waals surface area contributed by atoms with Gasteiger partial charge in [-0.1, -0.05) is 18.2 Å². The van der Waals surface area contributed by atoms with E-state index in [1.165, 1.54) is 0 Å². The van der Waals surface area contributed by atoms with E-state index >= 15 is 0 Å². The third kappa shape index (κ3) is 4.61. The molecule has 1 fully saturated rings. The molecule has 8 heteroatoms. The second-order valence-electron chi connectivity index (χ2n) is 10.0. The number of para-hydroxylation sites is 1. The van der Waals surface area contributed by atoms with E-state index in [9.17, 15) is 18.0 Å². The van der Waals surface area contributed by atoms with Crippen LogP contribution in [0.2, 0.25) is 0 Å². The molecule has 1 aliphatic heterocycles. The van der Waals surface area contributed by atoms with E-state index in [-0.39, 0.29) is 28.5 Å². The number of hydrogen-bond donors (Lipinski definition) is 2. The molecule has 0 unspecified atom stereocenters. The Morgan fingerprint density at radius 1 is 1.09 bits per heavy atom. The van der Waals surface area contributed by atoms with Crippen molar-refractivity contribution in [1.82, 2.24) is 4.72 Å². The minimum absolute atomic E-state index is 0.0357. The van der Waals surface area contributed by atoms with Crippen molar-refractivity contribution < 1.29 is 18.0 Å². The molecular formula is C26H33N3O4S. The first-order valence-corrected chi connectivity index (χ1v) is 13.3. The molecule has 7 nitrogen and oxygen atoms in total. The summed E-state index contributed by atoms with van der Waals surface area (Å²) in [5.41, 5.74) is 2.59. The maximum Gasteiger partial charge on any atom is 0.240 e. The first-order chi connectivity index (χ1) is 16.0. The van der Waals surface area contributed by atoms with E-state index in [4.69, 9.17) is 0 Å². The van der Waals surface area contributed by atoms with Crippen molar-refractivity contribution in [1.29, 1.82) is 0 Å². The number of aryl methyl sites for hydroxylation is 1. The highest BCUT2D eigenvalue weighted by Crippen LogP contribution is 2.41. The van der Waals surface area contributed by atoms with Gasteiger partial charge in [0.1, 0.15) is 0 Å². The zero-order chi connectivity index (χ0) is 24.7. The molecule has 2 aromatic carbocycles. The zero-order valence-corrected chi connectivity index (χ0v) is 21.0. The summed E-state index contributed by atoms with van der Waals surface area (Å²) in [6.45, 7) is 5.94. The molecule has 1 heterocycles. The molecule has 2 aromatic rings. The van der Waals surface area contributed by atoms with Crippen LogP contribution in [0.4, 0.5) is 11.4 Å². The quantitative estimate of drug-likeness (QED) is 0.650. The maximum atomic E-state index is 13.0. The van der Waals surface area contributed by atoms with E-state index in [1.54, 1.807) is 30.1 Å². The molecule has 0 aromatic heterocycles. The summed E-state index contributed by atoms with van der Waals surface area (Å²) >= 11 is 0. The zero-order valence-electron chi connectivity index (χ0n) is 20.2. The van der Waals surface area contributed by atoms with Crippen LogP contribution in [0.1, 0.15) is 50.7 Å². The molecule has 0 saturated heterocycles. The predicted octanol–water partition coefficient (Wildman–Crippen LogP) is 3.97. The largest absolute Gasteiger partial charge is 0.326 e. The van der Waals surface area contributed by atoms with E-state index in [0.29, 0.717) is 6.54 Å². The fourth-order valence-corrected chi connectivity index (χ4v) is 6.15. The smallest absolute Gasteiger partial charge is 0.240 e. The molecule has 182 valence electrons. The molecule has 0 radical (unpaired) electrons. The van der Waals surface area contributed by atoms with Gasteiger partial charge in [-0.15, -0.1) is 0 Å². The molecule has 4 rings (SSSR count). The summed E-state index contributed by atoms with van der Waals surface area (Å²) in [5, 5.41) is 3.03. The highest BCUT2D eigenvalue weighted by atomic mass is 32.2. The number of rotatable bonds is 6. The summed E-state index contributed by atoms with van der Waals surface area (Å²) in [6.07, 6.45) is 3.08. The van der Waals surface area contributed by atoms with Crippen molar-refractivity contribution in [2.75, 3.05) is 23.8 Å². The topological polar surface area (TPSA) is 95.6 Å². The van der Waals surface area contributed by atoms with E-state index < -0.39 is 15.4 Å². The summed E-state index contributed by atoms with van der Waals surface area (Å²) in [6, 6.07) is 12.6. The van der Waals surface area contributed by atoms with Crippen molar-refractivity contribution in [2.24, 2.45) is 11.8 Å². The van der Waals surface area contributed by atoms with Gasteiger partial charge in [0.2, 0.25) is 21.8 Å². The number of carbonyl (C=O) groups excluding carboxylic acids is 2. The molecule has 2 aliphatic rings. The summed E-state index contributed by atoms with van der Waals surface area (Å²) in [7, 11) is -1.99. The van der Waals surface area contributed by atoms with Crippen LogP contribution in [-0.2, 0) is 25.0 Å². The number of anilines is 2. The van der Waals surface area contributed by atoms with E-state index in [2.05, 4.69) is 10.0 Å². The average Bonchev–Trinajstić information content (AvgIpc) is 2.99. The van der Waals surface area contributed by atoms with Crippen LogP contribution >= 0.6 is 0 Å². The summed E-state index contributed by atoms with van der Waals surface area (Å²) in [4.78, 5) is 26.9. The number of fused-ring (bicyclic) bond motifs is 1. The van der Waals surface area contributed by atoms with E-state index in [0.717, 1.165) is 48.2 Å². The standard InChI is InChI=1S/C26H33N3O4S/c1-17-7-5-6-8-22(17)28-24(30)19-11-9-18(10-12-19)16-27-34(32,33)20-13-14-23-21(15-20)26(2,3)25(31)29(23)4/h5-8,13-15,18-19,27H,9-12,16H2,1-4H3,(H,28,30). The van der Waals surface area contributed by atoms with E-state index in [1.807, 2.05) is 45.0 Å². The van der Waals surface area contributed by atoms with Gasteiger partial charge in [-0.25, -0.2) is 13.1 Å². The van der Waals surface area contributed by atoms with Gasteiger partial charge >= 0.3 is 0 Å². The molecule has 34 heavy (non-hydrogen) atoms. The molecule has 0 bridgehead atoms. The Labute approximate surface area is 202 Å². The Balaban J connectivity index is 1.33.